The Morgan fingerprint density at radius 2 is 1.88 bits per heavy atom. The van der Waals surface area contributed by atoms with Crippen LogP contribution in [0.1, 0.15) is 30.4 Å². The van der Waals surface area contributed by atoms with Crippen molar-refractivity contribution in [3.8, 4) is 6.07 Å². The average Bonchev–Trinajstić information content (AvgIpc) is 2.84. The molecule has 164 valence electrons. The van der Waals surface area contributed by atoms with E-state index >= 15 is 0 Å². The first-order chi connectivity index (χ1) is 15.7. The van der Waals surface area contributed by atoms with Crippen molar-refractivity contribution in [2.24, 2.45) is 0 Å². The summed E-state index contributed by atoms with van der Waals surface area (Å²) in [5.41, 5.74) is 3.72. The zero-order valence-corrected chi connectivity index (χ0v) is 19.0. The maximum atomic E-state index is 9.25. The first-order valence-corrected chi connectivity index (χ1v) is 11.6. The Morgan fingerprint density at radius 1 is 1.03 bits per heavy atom. The van der Waals surface area contributed by atoms with Gasteiger partial charge in [-0.05, 0) is 24.9 Å². The second kappa shape index (κ2) is 8.76. The molecule has 1 saturated heterocycles. The maximum absolute atomic E-state index is 9.25. The number of nitrogens with zero attached hydrogens (tertiary/aromatic N) is 6. The lowest BCUT2D eigenvalue weighted by atomic mass is 10.0. The Bertz CT molecular complexity index is 1160. The quantitative estimate of drug-likeness (QED) is 0.633. The molecule has 0 bridgehead atoms. The molecular weight excluding hydrogens is 396 g/mol. The van der Waals surface area contributed by atoms with Crippen molar-refractivity contribution in [3.63, 3.8) is 0 Å². The highest BCUT2D eigenvalue weighted by atomic mass is 15.3. The van der Waals surface area contributed by atoms with Crippen LogP contribution in [0.3, 0.4) is 0 Å². The van der Waals surface area contributed by atoms with Gasteiger partial charge in [-0.2, -0.15) is 5.26 Å². The third-order valence-electron chi connectivity index (χ3n) is 6.92. The maximum Gasteiger partial charge on any atom is 0.136 e. The van der Waals surface area contributed by atoms with E-state index < -0.39 is 0 Å². The molecule has 1 atom stereocenters. The number of hydrogen-bond acceptors (Lipinski definition) is 6. The van der Waals surface area contributed by atoms with Crippen LogP contribution in [0.5, 0.6) is 0 Å². The van der Waals surface area contributed by atoms with Gasteiger partial charge in [0.1, 0.15) is 11.6 Å². The number of hydrogen-bond donors (Lipinski definition) is 0. The van der Waals surface area contributed by atoms with Gasteiger partial charge in [-0.3, -0.25) is 4.90 Å². The number of benzene rings is 2. The third kappa shape index (κ3) is 3.78. The molecule has 5 rings (SSSR count). The summed E-state index contributed by atoms with van der Waals surface area (Å²) in [5, 5.41) is 11.8. The zero-order valence-electron chi connectivity index (χ0n) is 19.0. The SMILES string of the molecule is CCc1nc2c(c(N3CCN(C)C(CC#N)C3)n1)CCN(c1cccc3ccccc13)C2. The summed E-state index contributed by atoms with van der Waals surface area (Å²) >= 11 is 0. The van der Waals surface area contributed by atoms with Crippen LogP contribution in [0, 0.1) is 11.3 Å². The molecule has 1 unspecified atom stereocenters. The molecular formula is C26H30N6. The lowest BCUT2D eigenvalue weighted by Crippen LogP contribution is -2.52. The number of anilines is 2. The van der Waals surface area contributed by atoms with Gasteiger partial charge in [-0.15, -0.1) is 0 Å². The van der Waals surface area contributed by atoms with E-state index in [0.29, 0.717) is 6.42 Å². The average molecular weight is 427 g/mol. The molecule has 32 heavy (non-hydrogen) atoms. The summed E-state index contributed by atoms with van der Waals surface area (Å²) in [5.74, 6) is 2.01. The molecule has 6 nitrogen and oxygen atoms in total. The van der Waals surface area contributed by atoms with Gasteiger partial charge in [-0.1, -0.05) is 43.3 Å². The summed E-state index contributed by atoms with van der Waals surface area (Å²) < 4.78 is 0. The molecule has 2 aliphatic heterocycles. The van der Waals surface area contributed by atoms with Gasteiger partial charge >= 0.3 is 0 Å². The highest BCUT2D eigenvalue weighted by Crippen LogP contribution is 2.33. The molecule has 0 spiro atoms. The van der Waals surface area contributed by atoms with E-state index in [4.69, 9.17) is 9.97 Å². The van der Waals surface area contributed by atoms with Crippen molar-refractivity contribution in [1.29, 1.82) is 5.26 Å². The van der Waals surface area contributed by atoms with Gasteiger partial charge < -0.3 is 9.80 Å². The Kier molecular flexibility index (Phi) is 5.67. The smallest absolute Gasteiger partial charge is 0.136 e. The van der Waals surface area contributed by atoms with Crippen LogP contribution in [-0.4, -0.2) is 54.1 Å². The number of fused-ring (bicyclic) bond motifs is 2. The van der Waals surface area contributed by atoms with Crippen molar-refractivity contribution in [2.75, 3.05) is 43.0 Å². The van der Waals surface area contributed by atoms with Crippen LogP contribution >= 0.6 is 0 Å². The minimum atomic E-state index is 0.250. The van der Waals surface area contributed by atoms with Gasteiger partial charge in [0, 0.05) is 55.3 Å². The van der Waals surface area contributed by atoms with Crippen LogP contribution in [0.4, 0.5) is 11.5 Å². The summed E-state index contributed by atoms with van der Waals surface area (Å²) in [6.07, 6.45) is 2.31. The van der Waals surface area contributed by atoms with E-state index in [2.05, 4.69) is 77.2 Å². The predicted molar refractivity (Wildman–Crippen MR) is 129 cm³/mol. The molecule has 2 aliphatic rings. The zero-order chi connectivity index (χ0) is 22.1. The van der Waals surface area contributed by atoms with Gasteiger partial charge in [0.2, 0.25) is 0 Å². The Labute approximate surface area is 190 Å². The minimum Gasteiger partial charge on any atom is -0.365 e. The van der Waals surface area contributed by atoms with Gasteiger partial charge in [0.05, 0.1) is 24.7 Å². The molecule has 0 radical (unpaired) electrons. The highest BCUT2D eigenvalue weighted by Gasteiger charge is 2.30. The first-order valence-electron chi connectivity index (χ1n) is 11.6. The van der Waals surface area contributed by atoms with Gasteiger partial charge in [0.25, 0.3) is 0 Å². The first kappa shape index (κ1) is 20.7. The fraction of sp³-hybridized carbons (Fsp3) is 0.423. The van der Waals surface area contributed by atoms with Crippen LogP contribution in [-0.2, 0) is 19.4 Å². The van der Waals surface area contributed by atoms with Crippen molar-refractivity contribution >= 4 is 22.3 Å². The van der Waals surface area contributed by atoms with Crippen molar-refractivity contribution < 1.29 is 0 Å². The second-order valence-corrected chi connectivity index (χ2v) is 8.85. The van der Waals surface area contributed by atoms with E-state index in [0.717, 1.165) is 62.9 Å². The Hall–Kier alpha value is -3.17. The molecule has 3 aromatic rings. The van der Waals surface area contributed by atoms with Crippen LogP contribution in [0.15, 0.2) is 42.5 Å². The van der Waals surface area contributed by atoms with E-state index in [-0.39, 0.29) is 6.04 Å². The fourth-order valence-electron chi connectivity index (χ4n) is 5.03. The summed E-state index contributed by atoms with van der Waals surface area (Å²) in [7, 11) is 2.12. The van der Waals surface area contributed by atoms with Crippen LogP contribution < -0.4 is 9.80 Å². The molecule has 0 aliphatic carbocycles. The van der Waals surface area contributed by atoms with Crippen LogP contribution in [0.2, 0.25) is 0 Å². The molecule has 1 fully saturated rings. The highest BCUT2D eigenvalue weighted by molar-refractivity contribution is 5.94. The lowest BCUT2D eigenvalue weighted by molar-refractivity contribution is 0.220. The van der Waals surface area contributed by atoms with Crippen LogP contribution in [0.25, 0.3) is 10.8 Å². The minimum absolute atomic E-state index is 0.250. The van der Waals surface area contributed by atoms with E-state index in [1.54, 1.807) is 0 Å². The molecule has 6 heteroatoms. The number of aromatic nitrogens is 2. The molecule has 3 heterocycles. The summed E-state index contributed by atoms with van der Waals surface area (Å²) in [4.78, 5) is 17.1. The number of rotatable bonds is 4. The topological polar surface area (TPSA) is 59.3 Å². The van der Waals surface area contributed by atoms with Gasteiger partial charge in [0.15, 0.2) is 0 Å². The second-order valence-electron chi connectivity index (χ2n) is 8.85. The van der Waals surface area contributed by atoms with Crippen molar-refractivity contribution in [3.05, 3.63) is 59.5 Å². The molecule has 0 N–H and O–H groups in total. The molecule has 0 saturated carbocycles. The van der Waals surface area contributed by atoms with Gasteiger partial charge in [-0.25, -0.2) is 9.97 Å². The van der Waals surface area contributed by atoms with Crippen molar-refractivity contribution in [2.45, 2.75) is 38.8 Å². The monoisotopic (exact) mass is 426 g/mol. The summed E-state index contributed by atoms with van der Waals surface area (Å²) in [6.45, 7) is 6.63. The third-order valence-corrected chi connectivity index (χ3v) is 6.92. The molecule has 1 aromatic heterocycles. The lowest BCUT2D eigenvalue weighted by Gasteiger charge is -2.41. The number of piperazine rings is 1. The Balaban J connectivity index is 1.49. The number of nitriles is 1. The fourth-order valence-corrected chi connectivity index (χ4v) is 5.03. The van der Waals surface area contributed by atoms with E-state index in [1.807, 2.05) is 0 Å². The molecule has 2 aromatic carbocycles. The van der Waals surface area contributed by atoms with Crippen molar-refractivity contribution in [1.82, 2.24) is 14.9 Å². The normalized spacial score (nSPS) is 19.1. The largest absolute Gasteiger partial charge is 0.365 e. The Morgan fingerprint density at radius 3 is 2.72 bits per heavy atom. The standard InChI is InChI=1S/C26H30N6/c1-3-25-28-23-18-31(24-10-6-8-19-7-4-5-9-21(19)24)14-12-22(23)26(29-25)32-16-15-30(2)20(17-32)11-13-27/h4-10,20H,3,11-12,14-18H2,1-2H3. The van der Waals surface area contributed by atoms with E-state index in [1.165, 1.54) is 22.0 Å². The number of aryl methyl sites for hydroxylation is 1. The predicted octanol–water partition coefficient (Wildman–Crippen LogP) is 3.79. The van der Waals surface area contributed by atoms with E-state index in [9.17, 15) is 5.26 Å². The number of likely N-dealkylation sites (N-methyl/N-ethyl adjacent to an activating group) is 1. The summed E-state index contributed by atoms with van der Waals surface area (Å²) in [6, 6.07) is 17.8. The molecule has 0 amide bonds.